The first kappa shape index (κ1) is 13.3. The molecule has 3 amide bonds. The van der Waals surface area contributed by atoms with Gasteiger partial charge in [0.1, 0.15) is 5.71 Å². The van der Waals surface area contributed by atoms with Crippen molar-refractivity contribution in [2.75, 3.05) is 20.2 Å². The Morgan fingerprint density at radius 3 is 2.89 bits per heavy atom. The van der Waals surface area contributed by atoms with Crippen LogP contribution < -0.4 is 10.7 Å². The summed E-state index contributed by atoms with van der Waals surface area (Å²) in [7, 11) is 1.30. The van der Waals surface area contributed by atoms with E-state index in [1.54, 1.807) is 4.90 Å². The second kappa shape index (κ2) is 5.68. The van der Waals surface area contributed by atoms with E-state index in [0.29, 0.717) is 31.6 Å². The summed E-state index contributed by atoms with van der Waals surface area (Å²) >= 11 is 0. The van der Waals surface area contributed by atoms with Gasteiger partial charge >= 0.3 is 6.09 Å². The molecule has 1 unspecified atom stereocenters. The molecule has 0 radical (unpaired) electrons. The Kier molecular flexibility index (Phi) is 3.98. The maximum absolute atomic E-state index is 12.1. The second-order valence-electron chi connectivity index (χ2n) is 4.47. The molecule has 2 aliphatic heterocycles. The van der Waals surface area contributed by atoms with Gasteiger partial charge in [0.05, 0.1) is 13.2 Å². The molecule has 1 fully saturated rings. The van der Waals surface area contributed by atoms with Crippen LogP contribution in [0.5, 0.6) is 0 Å². The van der Waals surface area contributed by atoms with Crippen LogP contribution in [0.2, 0.25) is 0 Å². The van der Waals surface area contributed by atoms with E-state index in [0.717, 1.165) is 0 Å². The smallest absolute Gasteiger partial charge is 0.407 e. The first-order valence-corrected chi connectivity index (χ1v) is 6.09. The van der Waals surface area contributed by atoms with Crippen LogP contribution in [-0.2, 0) is 14.3 Å². The van der Waals surface area contributed by atoms with E-state index in [1.165, 1.54) is 7.11 Å². The summed E-state index contributed by atoms with van der Waals surface area (Å²) in [5.41, 5.74) is 2.66. The van der Waals surface area contributed by atoms with Gasteiger partial charge in [0.15, 0.2) is 0 Å². The Morgan fingerprint density at radius 2 is 2.26 bits per heavy atom. The van der Waals surface area contributed by atoms with Crippen LogP contribution >= 0.6 is 0 Å². The number of hydrazone groups is 1. The van der Waals surface area contributed by atoms with Gasteiger partial charge in [-0.15, -0.1) is 0 Å². The van der Waals surface area contributed by atoms with Crippen LogP contribution in [0.25, 0.3) is 0 Å². The molecular weight excluding hydrogens is 252 g/mol. The highest BCUT2D eigenvalue weighted by molar-refractivity contribution is 6.39. The fourth-order valence-corrected chi connectivity index (χ4v) is 2.10. The van der Waals surface area contributed by atoms with E-state index in [-0.39, 0.29) is 24.3 Å². The van der Waals surface area contributed by atoms with Gasteiger partial charge in [-0.25, -0.2) is 10.2 Å². The maximum Gasteiger partial charge on any atom is 0.407 e. The predicted octanol–water partition coefficient (Wildman–Crippen LogP) is -0.791. The molecule has 0 saturated carbocycles. The standard InChI is InChI=1S/C11H16N4O4/c1-19-11(18)12-7-4-5-15(6-7)10(17)8-2-3-9(16)14-13-8/h7H,2-6H2,1H3,(H,12,18)(H,14,16). The summed E-state index contributed by atoms with van der Waals surface area (Å²) in [6, 6.07) is -0.102. The highest BCUT2D eigenvalue weighted by atomic mass is 16.5. The summed E-state index contributed by atoms with van der Waals surface area (Å²) in [6.45, 7) is 0.987. The highest BCUT2D eigenvalue weighted by Gasteiger charge is 2.30. The monoisotopic (exact) mass is 268 g/mol. The Morgan fingerprint density at radius 1 is 1.47 bits per heavy atom. The van der Waals surface area contributed by atoms with Crippen molar-refractivity contribution in [2.24, 2.45) is 5.10 Å². The van der Waals surface area contributed by atoms with Crippen molar-refractivity contribution in [3.05, 3.63) is 0 Å². The molecule has 1 atom stereocenters. The van der Waals surface area contributed by atoms with Crippen molar-refractivity contribution >= 4 is 23.6 Å². The molecule has 8 heteroatoms. The Labute approximate surface area is 110 Å². The number of nitrogens with zero attached hydrogens (tertiary/aromatic N) is 2. The van der Waals surface area contributed by atoms with Crippen LogP contribution in [-0.4, -0.2) is 54.8 Å². The van der Waals surface area contributed by atoms with Gasteiger partial charge in [-0.2, -0.15) is 5.10 Å². The van der Waals surface area contributed by atoms with Gasteiger partial charge in [0.2, 0.25) is 5.91 Å². The van der Waals surface area contributed by atoms with E-state index >= 15 is 0 Å². The molecule has 0 spiro atoms. The number of methoxy groups -OCH3 is 1. The summed E-state index contributed by atoms with van der Waals surface area (Å²) in [6.07, 6.45) is 0.820. The van der Waals surface area contributed by atoms with E-state index in [9.17, 15) is 14.4 Å². The van der Waals surface area contributed by atoms with E-state index < -0.39 is 6.09 Å². The van der Waals surface area contributed by atoms with Gasteiger partial charge in [-0.1, -0.05) is 0 Å². The van der Waals surface area contributed by atoms with Gasteiger partial charge < -0.3 is 15.0 Å². The molecule has 0 aromatic heterocycles. The lowest BCUT2D eigenvalue weighted by Crippen LogP contribution is -2.42. The van der Waals surface area contributed by atoms with Crippen molar-refractivity contribution in [3.8, 4) is 0 Å². The molecule has 0 aromatic carbocycles. The van der Waals surface area contributed by atoms with Gasteiger partial charge in [-0.3, -0.25) is 9.59 Å². The normalized spacial score (nSPS) is 22.6. The molecule has 2 heterocycles. The Bertz CT molecular complexity index is 434. The molecule has 0 aromatic rings. The minimum absolute atomic E-state index is 0.102. The molecule has 2 N–H and O–H groups in total. The van der Waals surface area contributed by atoms with Crippen molar-refractivity contribution < 1.29 is 19.1 Å². The zero-order chi connectivity index (χ0) is 13.8. The third kappa shape index (κ3) is 3.21. The number of hydrogen-bond donors (Lipinski definition) is 2. The van der Waals surface area contributed by atoms with Crippen LogP contribution in [0.1, 0.15) is 19.3 Å². The van der Waals surface area contributed by atoms with Crippen LogP contribution in [0.15, 0.2) is 5.10 Å². The maximum atomic E-state index is 12.1. The summed E-state index contributed by atoms with van der Waals surface area (Å²) in [5, 5.41) is 6.43. The number of rotatable bonds is 2. The minimum Gasteiger partial charge on any atom is -0.453 e. The number of carbonyl (C=O) groups is 3. The molecular formula is C11H16N4O4. The van der Waals surface area contributed by atoms with Crippen molar-refractivity contribution in [1.29, 1.82) is 0 Å². The third-order valence-corrected chi connectivity index (χ3v) is 3.13. The number of likely N-dealkylation sites (tertiary alicyclic amines) is 1. The van der Waals surface area contributed by atoms with Crippen molar-refractivity contribution in [3.63, 3.8) is 0 Å². The number of hydrogen-bond acceptors (Lipinski definition) is 5. The lowest BCUT2D eigenvalue weighted by Gasteiger charge is -2.19. The zero-order valence-electron chi connectivity index (χ0n) is 10.6. The highest BCUT2D eigenvalue weighted by Crippen LogP contribution is 2.12. The SMILES string of the molecule is COC(=O)NC1CCN(C(=O)C2=NNC(=O)CC2)C1. The van der Waals surface area contributed by atoms with Gasteiger partial charge in [0.25, 0.3) is 5.91 Å². The van der Waals surface area contributed by atoms with Crippen LogP contribution in [0.4, 0.5) is 4.79 Å². The molecule has 0 aliphatic carbocycles. The number of nitrogens with one attached hydrogen (secondary N) is 2. The molecule has 19 heavy (non-hydrogen) atoms. The lowest BCUT2D eigenvalue weighted by atomic mass is 10.1. The lowest BCUT2D eigenvalue weighted by molar-refractivity contribution is -0.123. The number of amides is 3. The average molecular weight is 268 g/mol. The topological polar surface area (TPSA) is 100 Å². The van der Waals surface area contributed by atoms with E-state index in [1.807, 2.05) is 0 Å². The zero-order valence-corrected chi connectivity index (χ0v) is 10.6. The third-order valence-electron chi connectivity index (χ3n) is 3.13. The Hall–Kier alpha value is -2.12. The predicted molar refractivity (Wildman–Crippen MR) is 65.3 cm³/mol. The van der Waals surface area contributed by atoms with Gasteiger partial charge in [-0.05, 0) is 6.42 Å². The molecule has 2 rings (SSSR count). The number of carbonyl (C=O) groups excluding carboxylic acids is 3. The van der Waals surface area contributed by atoms with Gasteiger partial charge in [0, 0.05) is 25.9 Å². The molecule has 104 valence electrons. The molecule has 0 bridgehead atoms. The summed E-state index contributed by atoms with van der Waals surface area (Å²) in [4.78, 5) is 35.8. The fraction of sp³-hybridized carbons (Fsp3) is 0.636. The Balaban J connectivity index is 1.88. The second-order valence-corrected chi connectivity index (χ2v) is 4.47. The van der Waals surface area contributed by atoms with E-state index in [4.69, 9.17) is 0 Å². The molecule has 8 nitrogen and oxygen atoms in total. The minimum atomic E-state index is -0.499. The van der Waals surface area contributed by atoms with Crippen molar-refractivity contribution in [1.82, 2.24) is 15.6 Å². The number of ether oxygens (including phenoxy) is 1. The quantitative estimate of drug-likeness (QED) is 0.685. The summed E-state index contributed by atoms with van der Waals surface area (Å²) in [5.74, 6) is -0.364. The van der Waals surface area contributed by atoms with Crippen molar-refractivity contribution in [2.45, 2.75) is 25.3 Å². The van der Waals surface area contributed by atoms with E-state index in [2.05, 4.69) is 20.6 Å². The first-order valence-electron chi connectivity index (χ1n) is 6.09. The largest absolute Gasteiger partial charge is 0.453 e. The average Bonchev–Trinajstić information content (AvgIpc) is 2.87. The summed E-state index contributed by atoms with van der Waals surface area (Å²) < 4.78 is 4.51. The molecule has 1 saturated heterocycles. The molecule has 2 aliphatic rings. The number of alkyl carbamates (subject to hydrolysis) is 1. The van der Waals surface area contributed by atoms with Crippen LogP contribution in [0, 0.1) is 0 Å². The fourth-order valence-electron chi connectivity index (χ4n) is 2.10. The first-order chi connectivity index (χ1) is 9.10. The van der Waals surface area contributed by atoms with Crippen LogP contribution in [0.3, 0.4) is 0 Å².